The van der Waals surface area contributed by atoms with Crippen LogP contribution in [-0.4, -0.2) is 11.2 Å². The lowest BCUT2D eigenvalue weighted by Gasteiger charge is -2.44. The van der Waals surface area contributed by atoms with Crippen LogP contribution in [0.15, 0.2) is 0 Å². The highest BCUT2D eigenvalue weighted by Gasteiger charge is 2.37. The molecule has 0 aromatic heterocycles. The Bertz CT molecular complexity index is 196. The summed E-state index contributed by atoms with van der Waals surface area (Å²) < 4.78 is 0. The summed E-state index contributed by atoms with van der Waals surface area (Å²) in [5, 5.41) is 9.61. The fourth-order valence-electron chi connectivity index (χ4n) is 3.19. The summed E-state index contributed by atoms with van der Waals surface area (Å²) in [4.78, 5) is 0. The Labute approximate surface area is 95.3 Å². The smallest absolute Gasteiger partial charge is 0.0537 e. The van der Waals surface area contributed by atoms with Crippen LogP contribution in [0.2, 0.25) is 0 Å². The van der Waals surface area contributed by atoms with Gasteiger partial charge >= 0.3 is 0 Å². The van der Waals surface area contributed by atoms with E-state index in [1.165, 1.54) is 25.7 Å². The van der Waals surface area contributed by atoms with Gasteiger partial charge in [-0.15, -0.1) is 0 Å². The second-order valence-corrected chi connectivity index (χ2v) is 6.42. The van der Waals surface area contributed by atoms with Gasteiger partial charge in [0.1, 0.15) is 0 Å². The van der Waals surface area contributed by atoms with Crippen LogP contribution in [0.3, 0.4) is 0 Å². The predicted molar refractivity (Wildman–Crippen MR) is 65.7 cm³/mol. The van der Waals surface area contributed by atoms with Crippen molar-refractivity contribution < 1.29 is 5.11 Å². The van der Waals surface area contributed by atoms with E-state index in [1.807, 2.05) is 6.92 Å². The van der Waals surface area contributed by atoms with Gasteiger partial charge in [-0.2, -0.15) is 0 Å². The van der Waals surface area contributed by atoms with Crippen LogP contribution in [0.5, 0.6) is 0 Å². The van der Waals surface area contributed by atoms with Gasteiger partial charge in [-0.1, -0.05) is 40.5 Å². The topological polar surface area (TPSA) is 20.2 Å². The molecular weight excluding hydrogens is 184 g/mol. The first-order chi connectivity index (χ1) is 6.84. The molecule has 1 aliphatic carbocycles. The molecule has 0 heterocycles. The molecule has 1 aliphatic rings. The third kappa shape index (κ3) is 3.21. The minimum absolute atomic E-state index is 0.157. The van der Waals surface area contributed by atoms with Crippen molar-refractivity contribution >= 4 is 0 Å². The molecule has 0 spiro atoms. The van der Waals surface area contributed by atoms with Gasteiger partial charge in [0.25, 0.3) is 0 Å². The molecular formula is C14H28O. The molecule has 15 heavy (non-hydrogen) atoms. The Balaban J connectivity index is 2.63. The van der Waals surface area contributed by atoms with Gasteiger partial charge in [-0.25, -0.2) is 0 Å². The summed E-state index contributed by atoms with van der Waals surface area (Å²) in [6.45, 7) is 11.3. The van der Waals surface area contributed by atoms with Crippen molar-refractivity contribution in [2.45, 2.75) is 66.4 Å². The zero-order chi connectivity index (χ0) is 11.6. The Morgan fingerprint density at radius 3 is 2.40 bits per heavy atom. The lowest BCUT2D eigenvalue weighted by molar-refractivity contribution is 0.0357. The molecule has 1 heteroatoms. The number of aliphatic hydroxyl groups excluding tert-OH is 1. The Kier molecular flexibility index (Phi) is 4.22. The predicted octanol–water partition coefficient (Wildman–Crippen LogP) is 3.86. The van der Waals surface area contributed by atoms with E-state index in [0.29, 0.717) is 11.3 Å². The monoisotopic (exact) mass is 212 g/mol. The van der Waals surface area contributed by atoms with Crippen molar-refractivity contribution in [1.82, 2.24) is 0 Å². The van der Waals surface area contributed by atoms with E-state index in [9.17, 15) is 5.11 Å². The minimum atomic E-state index is -0.157. The summed E-state index contributed by atoms with van der Waals surface area (Å²) in [6.07, 6.45) is 5.14. The van der Waals surface area contributed by atoms with Crippen molar-refractivity contribution in [3.63, 3.8) is 0 Å². The van der Waals surface area contributed by atoms with Crippen LogP contribution in [-0.2, 0) is 0 Å². The van der Waals surface area contributed by atoms with Gasteiger partial charge in [0.15, 0.2) is 0 Å². The van der Waals surface area contributed by atoms with E-state index < -0.39 is 0 Å². The Hall–Kier alpha value is -0.0400. The summed E-state index contributed by atoms with van der Waals surface area (Å²) in [7, 11) is 0. The molecule has 90 valence electrons. The van der Waals surface area contributed by atoms with Gasteiger partial charge in [-0.05, 0) is 42.9 Å². The van der Waals surface area contributed by atoms with E-state index in [4.69, 9.17) is 0 Å². The van der Waals surface area contributed by atoms with Gasteiger partial charge in [0, 0.05) is 0 Å². The third-order valence-corrected chi connectivity index (χ3v) is 4.62. The normalized spacial score (nSPS) is 34.8. The molecule has 1 fully saturated rings. The second kappa shape index (κ2) is 4.86. The Morgan fingerprint density at radius 1 is 1.33 bits per heavy atom. The van der Waals surface area contributed by atoms with Crippen LogP contribution in [0.1, 0.15) is 60.3 Å². The van der Waals surface area contributed by atoms with E-state index in [0.717, 1.165) is 11.8 Å². The molecule has 0 unspecified atom stereocenters. The minimum Gasteiger partial charge on any atom is -0.393 e. The number of hydrogen-bond donors (Lipinski definition) is 1. The second-order valence-electron chi connectivity index (χ2n) is 6.42. The highest BCUT2D eigenvalue weighted by molar-refractivity contribution is 4.87. The van der Waals surface area contributed by atoms with Crippen molar-refractivity contribution in [3.05, 3.63) is 0 Å². The largest absolute Gasteiger partial charge is 0.393 e. The van der Waals surface area contributed by atoms with Crippen LogP contribution in [0.25, 0.3) is 0 Å². The van der Waals surface area contributed by atoms with E-state index in [1.54, 1.807) is 0 Å². The summed E-state index contributed by atoms with van der Waals surface area (Å²) >= 11 is 0. The zero-order valence-corrected chi connectivity index (χ0v) is 11.1. The maximum Gasteiger partial charge on any atom is 0.0537 e. The van der Waals surface area contributed by atoms with Crippen molar-refractivity contribution in [2.75, 3.05) is 0 Å². The average molecular weight is 212 g/mol. The first kappa shape index (κ1) is 13.0. The molecule has 0 amide bonds. The van der Waals surface area contributed by atoms with Crippen LogP contribution in [0, 0.1) is 23.2 Å². The lowest BCUT2D eigenvalue weighted by atomic mass is 9.61. The molecule has 1 rings (SSSR count). The number of aliphatic hydroxyl groups is 1. The zero-order valence-electron chi connectivity index (χ0n) is 11.1. The van der Waals surface area contributed by atoms with Crippen LogP contribution in [0.4, 0.5) is 0 Å². The van der Waals surface area contributed by atoms with Gasteiger partial charge in [0.2, 0.25) is 0 Å². The van der Waals surface area contributed by atoms with Gasteiger partial charge < -0.3 is 5.11 Å². The summed E-state index contributed by atoms with van der Waals surface area (Å²) in [6, 6.07) is 0. The molecule has 1 N–H and O–H groups in total. The van der Waals surface area contributed by atoms with Crippen LogP contribution < -0.4 is 0 Å². The highest BCUT2D eigenvalue weighted by atomic mass is 16.3. The van der Waals surface area contributed by atoms with E-state index in [2.05, 4.69) is 27.7 Å². The summed E-state index contributed by atoms with van der Waals surface area (Å²) in [5.41, 5.74) is 0.473. The maximum atomic E-state index is 9.61. The molecule has 1 saturated carbocycles. The molecule has 0 aromatic carbocycles. The SMILES string of the molecule is C[C@@H]1CCCC(C)(C)[C@@H]1C[C@@H](C)[C@@H](C)O. The molecule has 4 atom stereocenters. The maximum absolute atomic E-state index is 9.61. The molecule has 0 aromatic rings. The van der Waals surface area contributed by atoms with E-state index in [-0.39, 0.29) is 6.10 Å². The number of hydrogen-bond acceptors (Lipinski definition) is 1. The van der Waals surface area contributed by atoms with Gasteiger partial charge in [-0.3, -0.25) is 0 Å². The van der Waals surface area contributed by atoms with Crippen molar-refractivity contribution in [1.29, 1.82) is 0 Å². The van der Waals surface area contributed by atoms with Gasteiger partial charge in [0.05, 0.1) is 6.10 Å². The molecule has 0 saturated heterocycles. The fraction of sp³-hybridized carbons (Fsp3) is 1.00. The molecule has 0 radical (unpaired) electrons. The Morgan fingerprint density at radius 2 is 1.93 bits per heavy atom. The first-order valence-electron chi connectivity index (χ1n) is 6.52. The lowest BCUT2D eigenvalue weighted by Crippen LogP contribution is -2.36. The van der Waals surface area contributed by atoms with Crippen molar-refractivity contribution in [2.24, 2.45) is 23.2 Å². The van der Waals surface area contributed by atoms with Crippen molar-refractivity contribution in [3.8, 4) is 0 Å². The third-order valence-electron chi connectivity index (χ3n) is 4.62. The quantitative estimate of drug-likeness (QED) is 0.753. The summed E-state index contributed by atoms with van der Waals surface area (Å²) in [5.74, 6) is 2.06. The molecule has 0 aliphatic heterocycles. The molecule has 1 nitrogen and oxygen atoms in total. The average Bonchev–Trinajstić information content (AvgIpc) is 2.10. The van der Waals surface area contributed by atoms with Crippen LogP contribution >= 0.6 is 0 Å². The highest BCUT2D eigenvalue weighted by Crippen LogP contribution is 2.46. The first-order valence-corrected chi connectivity index (χ1v) is 6.52. The standard InChI is InChI=1S/C14H28O/c1-10-7-6-8-14(4,5)13(10)9-11(2)12(3)15/h10-13,15H,6-9H2,1-5H3/t10-,11-,12-,13-/m1/s1. The van der Waals surface area contributed by atoms with E-state index >= 15 is 0 Å². The molecule has 0 bridgehead atoms. The number of rotatable bonds is 3. The fourth-order valence-corrected chi connectivity index (χ4v) is 3.19.